The van der Waals surface area contributed by atoms with E-state index >= 15 is 0 Å². The largest absolute Gasteiger partial charge is 0.497 e. The van der Waals surface area contributed by atoms with E-state index in [1.165, 1.54) is 34.4 Å². The third-order valence-corrected chi connectivity index (χ3v) is 6.04. The van der Waals surface area contributed by atoms with Crippen molar-refractivity contribution in [2.75, 3.05) is 45.5 Å². The molecule has 0 aromatic heterocycles. The average Bonchev–Trinajstić information content (AvgIpc) is 2.66. The molecule has 1 amide bonds. The van der Waals surface area contributed by atoms with Crippen LogP contribution in [-0.4, -0.2) is 53.5 Å². The molecule has 0 aliphatic carbocycles. The number of carbonyl (C=O) groups excluding carboxylic acids is 1. The van der Waals surface area contributed by atoms with E-state index < -0.39 is 10.0 Å². The average molecular weight is 407 g/mol. The lowest BCUT2D eigenvalue weighted by molar-refractivity contribution is -0.114. The van der Waals surface area contributed by atoms with Crippen LogP contribution in [0.1, 0.15) is 5.56 Å². The van der Waals surface area contributed by atoms with Gasteiger partial charge in [0.1, 0.15) is 11.5 Å². The van der Waals surface area contributed by atoms with E-state index in [9.17, 15) is 13.2 Å². The number of sulfonamides is 1. The number of amides is 1. The van der Waals surface area contributed by atoms with Crippen LogP contribution >= 0.6 is 0 Å². The Balaban J connectivity index is 2.12. The number of hydrogen-bond acceptors (Lipinski definition) is 6. The summed E-state index contributed by atoms with van der Waals surface area (Å²) in [6.45, 7) is 1.67. The third kappa shape index (κ3) is 4.93. The number of aryl methyl sites for hydroxylation is 1. The summed E-state index contributed by atoms with van der Waals surface area (Å²) in [6, 6.07) is 10.0. The van der Waals surface area contributed by atoms with Gasteiger partial charge >= 0.3 is 0 Å². The fourth-order valence-corrected chi connectivity index (χ4v) is 3.62. The van der Waals surface area contributed by atoms with Crippen LogP contribution in [0.2, 0.25) is 0 Å². The maximum Gasteiger partial charge on any atom is 0.243 e. The van der Waals surface area contributed by atoms with Crippen molar-refractivity contribution in [3.8, 4) is 11.5 Å². The summed E-state index contributed by atoms with van der Waals surface area (Å²) >= 11 is 0. The van der Waals surface area contributed by atoms with E-state index in [-0.39, 0.29) is 17.3 Å². The molecule has 0 heterocycles. The molecular weight excluding hydrogens is 382 g/mol. The van der Waals surface area contributed by atoms with Crippen molar-refractivity contribution in [2.24, 2.45) is 0 Å². The highest BCUT2D eigenvalue weighted by Gasteiger charge is 2.20. The zero-order valence-corrected chi connectivity index (χ0v) is 17.4. The standard InChI is InChI=1S/C19H25N3O5S/c1-13-6-7-14(10-18(13)28(24,25)22(2)3)20-12-19(23)21-16-11-15(26-4)8-9-17(16)27-5/h6-11,20H,12H2,1-5H3,(H,21,23). The van der Waals surface area contributed by atoms with Crippen molar-refractivity contribution < 1.29 is 22.7 Å². The zero-order valence-electron chi connectivity index (χ0n) is 16.6. The first kappa shape index (κ1) is 21.5. The minimum atomic E-state index is -3.57. The fraction of sp³-hybridized carbons (Fsp3) is 0.316. The van der Waals surface area contributed by atoms with E-state index in [4.69, 9.17) is 9.47 Å². The van der Waals surface area contributed by atoms with Crippen LogP contribution < -0.4 is 20.1 Å². The molecular formula is C19H25N3O5S. The van der Waals surface area contributed by atoms with Gasteiger partial charge in [0.2, 0.25) is 15.9 Å². The van der Waals surface area contributed by atoms with Gasteiger partial charge in [-0.25, -0.2) is 12.7 Å². The molecule has 0 spiro atoms. The minimum Gasteiger partial charge on any atom is -0.497 e. The van der Waals surface area contributed by atoms with Gasteiger partial charge in [0, 0.05) is 25.8 Å². The number of rotatable bonds is 8. The second-order valence-electron chi connectivity index (χ2n) is 6.24. The number of anilines is 2. The Hall–Kier alpha value is -2.78. The molecule has 152 valence electrons. The Kier molecular flexibility index (Phi) is 6.87. The molecule has 2 N–H and O–H groups in total. The second-order valence-corrected chi connectivity index (χ2v) is 8.36. The normalized spacial score (nSPS) is 11.2. The van der Waals surface area contributed by atoms with Crippen molar-refractivity contribution in [3.63, 3.8) is 0 Å². The van der Waals surface area contributed by atoms with Gasteiger partial charge in [0.15, 0.2) is 0 Å². The Labute approximate surface area is 165 Å². The number of carbonyl (C=O) groups is 1. The Morgan fingerprint density at radius 3 is 2.39 bits per heavy atom. The lowest BCUT2D eigenvalue weighted by atomic mass is 10.2. The van der Waals surface area contributed by atoms with Gasteiger partial charge in [0.25, 0.3) is 0 Å². The number of nitrogens with one attached hydrogen (secondary N) is 2. The first-order valence-electron chi connectivity index (χ1n) is 8.48. The van der Waals surface area contributed by atoms with Gasteiger partial charge < -0.3 is 20.1 Å². The Morgan fingerprint density at radius 1 is 1.07 bits per heavy atom. The van der Waals surface area contributed by atoms with Crippen molar-refractivity contribution in [1.29, 1.82) is 0 Å². The number of benzene rings is 2. The molecule has 0 aliphatic heterocycles. The van der Waals surface area contributed by atoms with Crippen LogP contribution in [-0.2, 0) is 14.8 Å². The highest BCUT2D eigenvalue weighted by atomic mass is 32.2. The lowest BCUT2D eigenvalue weighted by Crippen LogP contribution is -2.24. The SMILES string of the molecule is COc1ccc(OC)c(NC(=O)CNc2ccc(C)c(S(=O)(=O)N(C)C)c2)c1. The predicted molar refractivity (Wildman–Crippen MR) is 109 cm³/mol. The highest BCUT2D eigenvalue weighted by molar-refractivity contribution is 7.89. The topological polar surface area (TPSA) is 97.0 Å². The fourth-order valence-electron chi connectivity index (χ4n) is 2.47. The summed E-state index contributed by atoms with van der Waals surface area (Å²) in [6.07, 6.45) is 0. The molecule has 0 unspecified atom stereocenters. The summed E-state index contributed by atoms with van der Waals surface area (Å²) in [7, 11) is 2.42. The molecule has 0 atom stereocenters. The first-order valence-corrected chi connectivity index (χ1v) is 9.92. The molecule has 0 aliphatic rings. The maximum atomic E-state index is 12.4. The summed E-state index contributed by atoms with van der Waals surface area (Å²) in [5.74, 6) is 0.772. The molecule has 0 fully saturated rings. The van der Waals surface area contributed by atoms with E-state index in [1.54, 1.807) is 37.3 Å². The minimum absolute atomic E-state index is 0.0507. The van der Waals surface area contributed by atoms with Gasteiger partial charge in [-0.15, -0.1) is 0 Å². The van der Waals surface area contributed by atoms with Gasteiger partial charge in [-0.3, -0.25) is 4.79 Å². The highest BCUT2D eigenvalue weighted by Crippen LogP contribution is 2.29. The van der Waals surface area contributed by atoms with Gasteiger partial charge in [-0.1, -0.05) is 6.07 Å². The molecule has 0 saturated heterocycles. The van der Waals surface area contributed by atoms with E-state index in [2.05, 4.69) is 10.6 Å². The van der Waals surface area contributed by atoms with Gasteiger partial charge in [-0.05, 0) is 36.8 Å². The number of methoxy groups -OCH3 is 2. The van der Waals surface area contributed by atoms with Crippen LogP contribution in [0.4, 0.5) is 11.4 Å². The lowest BCUT2D eigenvalue weighted by Gasteiger charge is -2.16. The van der Waals surface area contributed by atoms with Crippen LogP contribution in [0.3, 0.4) is 0 Å². The zero-order chi connectivity index (χ0) is 20.9. The van der Waals surface area contributed by atoms with E-state index in [0.29, 0.717) is 28.4 Å². The van der Waals surface area contributed by atoms with Crippen LogP contribution in [0, 0.1) is 6.92 Å². The quantitative estimate of drug-likeness (QED) is 0.697. The third-order valence-electron chi connectivity index (χ3n) is 4.08. The molecule has 2 aromatic rings. The summed E-state index contributed by atoms with van der Waals surface area (Å²) in [5, 5.41) is 5.69. The van der Waals surface area contributed by atoms with Crippen molar-refractivity contribution in [2.45, 2.75) is 11.8 Å². The number of nitrogens with zero attached hydrogens (tertiary/aromatic N) is 1. The second kappa shape index (κ2) is 8.94. The summed E-state index contributed by atoms with van der Waals surface area (Å²) < 4.78 is 36.4. The summed E-state index contributed by atoms with van der Waals surface area (Å²) in [4.78, 5) is 12.5. The molecule has 0 radical (unpaired) electrons. The molecule has 9 heteroatoms. The van der Waals surface area contributed by atoms with Crippen molar-refractivity contribution >= 4 is 27.3 Å². The molecule has 0 saturated carbocycles. The smallest absolute Gasteiger partial charge is 0.243 e. The molecule has 2 rings (SSSR count). The summed E-state index contributed by atoms with van der Waals surface area (Å²) in [5.41, 5.74) is 1.64. The van der Waals surface area contributed by atoms with Gasteiger partial charge in [-0.2, -0.15) is 0 Å². The molecule has 28 heavy (non-hydrogen) atoms. The van der Waals surface area contributed by atoms with E-state index in [1.807, 2.05) is 0 Å². The molecule has 0 bridgehead atoms. The number of hydrogen-bond donors (Lipinski definition) is 2. The maximum absolute atomic E-state index is 12.4. The van der Waals surface area contributed by atoms with Crippen molar-refractivity contribution in [1.82, 2.24) is 4.31 Å². The molecule has 8 nitrogen and oxygen atoms in total. The predicted octanol–water partition coefficient (Wildman–Crippen LogP) is 2.31. The van der Waals surface area contributed by atoms with Crippen LogP contribution in [0.25, 0.3) is 0 Å². The monoisotopic (exact) mass is 407 g/mol. The Morgan fingerprint density at radius 2 is 1.79 bits per heavy atom. The molecule has 2 aromatic carbocycles. The van der Waals surface area contributed by atoms with Crippen molar-refractivity contribution in [3.05, 3.63) is 42.0 Å². The van der Waals surface area contributed by atoms with Crippen LogP contribution in [0.5, 0.6) is 11.5 Å². The van der Waals surface area contributed by atoms with Crippen LogP contribution in [0.15, 0.2) is 41.3 Å². The van der Waals surface area contributed by atoms with E-state index in [0.717, 1.165) is 4.31 Å². The first-order chi connectivity index (χ1) is 13.2. The number of ether oxygens (including phenoxy) is 2. The van der Waals surface area contributed by atoms with Gasteiger partial charge in [0.05, 0.1) is 31.3 Å². The Bertz CT molecular complexity index is 958.